The van der Waals surface area contributed by atoms with Crippen LogP contribution < -0.4 is 10.2 Å². The van der Waals surface area contributed by atoms with Crippen molar-refractivity contribution in [2.45, 2.75) is 19.4 Å². The van der Waals surface area contributed by atoms with Crippen molar-refractivity contribution in [1.82, 2.24) is 5.32 Å². The summed E-state index contributed by atoms with van der Waals surface area (Å²) in [5.41, 5.74) is 1.34. The van der Waals surface area contributed by atoms with E-state index in [2.05, 4.69) is 5.32 Å². The van der Waals surface area contributed by atoms with Gasteiger partial charge in [-0.15, -0.1) is 0 Å². The Morgan fingerprint density at radius 2 is 2.00 bits per heavy atom. The molecule has 0 aromatic heterocycles. The molecular formula is C13H14N2O3. The van der Waals surface area contributed by atoms with E-state index in [9.17, 15) is 14.4 Å². The molecule has 5 heteroatoms. The minimum atomic E-state index is -0.343. The first-order valence-corrected chi connectivity index (χ1v) is 5.81. The van der Waals surface area contributed by atoms with Crippen LogP contribution in [0, 0.1) is 0 Å². The number of hydrogen-bond donors (Lipinski definition) is 1. The van der Waals surface area contributed by atoms with Gasteiger partial charge in [0.05, 0.1) is 6.54 Å². The lowest BCUT2D eigenvalue weighted by Gasteiger charge is -2.35. The summed E-state index contributed by atoms with van der Waals surface area (Å²) in [5.74, 6) is -0.572. The van der Waals surface area contributed by atoms with Crippen molar-refractivity contribution >= 4 is 23.8 Å². The Labute approximate surface area is 105 Å². The SMILES string of the molecule is CCC1C(=O)NC(=O)CN1c1ccc(C=O)cc1. The largest absolute Gasteiger partial charge is 0.350 e. The van der Waals surface area contributed by atoms with E-state index in [4.69, 9.17) is 0 Å². The van der Waals surface area contributed by atoms with Gasteiger partial charge in [0.15, 0.2) is 0 Å². The number of imide groups is 1. The highest BCUT2D eigenvalue weighted by Gasteiger charge is 2.32. The Balaban J connectivity index is 2.30. The fourth-order valence-electron chi connectivity index (χ4n) is 2.09. The lowest BCUT2D eigenvalue weighted by Crippen LogP contribution is -2.58. The second-order valence-electron chi connectivity index (χ2n) is 4.17. The lowest BCUT2D eigenvalue weighted by molar-refractivity contribution is -0.132. The molecule has 1 aliphatic heterocycles. The van der Waals surface area contributed by atoms with Crippen LogP contribution in [-0.4, -0.2) is 30.7 Å². The monoisotopic (exact) mass is 246 g/mol. The maximum absolute atomic E-state index is 11.7. The number of carbonyl (C=O) groups is 3. The van der Waals surface area contributed by atoms with Gasteiger partial charge in [0.2, 0.25) is 11.8 Å². The molecule has 1 aliphatic rings. The summed E-state index contributed by atoms with van der Waals surface area (Å²) in [4.78, 5) is 35.5. The quantitative estimate of drug-likeness (QED) is 0.631. The van der Waals surface area contributed by atoms with E-state index >= 15 is 0 Å². The Morgan fingerprint density at radius 3 is 2.56 bits per heavy atom. The predicted molar refractivity (Wildman–Crippen MR) is 66.4 cm³/mol. The van der Waals surface area contributed by atoms with E-state index in [0.717, 1.165) is 12.0 Å². The van der Waals surface area contributed by atoms with E-state index in [1.807, 2.05) is 6.92 Å². The van der Waals surface area contributed by atoms with Gasteiger partial charge in [0.25, 0.3) is 0 Å². The number of benzene rings is 1. The van der Waals surface area contributed by atoms with Crippen LogP contribution in [0.25, 0.3) is 0 Å². The van der Waals surface area contributed by atoms with Gasteiger partial charge >= 0.3 is 0 Å². The highest BCUT2D eigenvalue weighted by atomic mass is 16.2. The number of carbonyl (C=O) groups excluding carboxylic acids is 3. The second-order valence-corrected chi connectivity index (χ2v) is 4.17. The Hall–Kier alpha value is -2.17. The highest BCUT2D eigenvalue weighted by Crippen LogP contribution is 2.21. The average molecular weight is 246 g/mol. The first kappa shape index (κ1) is 12.3. The molecular weight excluding hydrogens is 232 g/mol. The van der Waals surface area contributed by atoms with Crippen LogP contribution in [0.15, 0.2) is 24.3 Å². The number of hydrogen-bond acceptors (Lipinski definition) is 4. The van der Waals surface area contributed by atoms with E-state index in [-0.39, 0.29) is 24.4 Å². The molecule has 94 valence electrons. The topological polar surface area (TPSA) is 66.5 Å². The van der Waals surface area contributed by atoms with Crippen LogP contribution in [0.5, 0.6) is 0 Å². The molecule has 18 heavy (non-hydrogen) atoms. The Morgan fingerprint density at radius 1 is 1.33 bits per heavy atom. The van der Waals surface area contributed by atoms with Crippen molar-refractivity contribution in [3.8, 4) is 0 Å². The maximum atomic E-state index is 11.7. The molecule has 1 saturated heterocycles. The molecule has 0 radical (unpaired) electrons. The summed E-state index contributed by atoms with van der Waals surface area (Å²) in [6.45, 7) is 2.05. The number of piperazine rings is 1. The normalized spacial score (nSPS) is 19.6. The van der Waals surface area contributed by atoms with Gasteiger partial charge in [-0.2, -0.15) is 0 Å². The molecule has 1 aromatic carbocycles. The van der Waals surface area contributed by atoms with Gasteiger partial charge in [0.1, 0.15) is 12.3 Å². The summed E-state index contributed by atoms with van der Waals surface area (Å²) in [6.07, 6.45) is 1.38. The van der Waals surface area contributed by atoms with Crippen molar-refractivity contribution in [3.05, 3.63) is 29.8 Å². The summed E-state index contributed by atoms with van der Waals surface area (Å²) in [6, 6.07) is 6.50. The molecule has 0 aliphatic carbocycles. The summed E-state index contributed by atoms with van der Waals surface area (Å²) in [5, 5.41) is 2.33. The molecule has 1 atom stereocenters. The molecule has 1 N–H and O–H groups in total. The van der Waals surface area contributed by atoms with Gasteiger partial charge in [0, 0.05) is 11.3 Å². The standard InChI is InChI=1S/C13H14N2O3/c1-2-11-13(18)14-12(17)7-15(11)10-5-3-9(8-16)4-6-10/h3-6,8,11H,2,7H2,1H3,(H,14,17,18). The molecule has 1 aromatic rings. The molecule has 1 fully saturated rings. The summed E-state index contributed by atoms with van der Waals surface area (Å²) in [7, 11) is 0. The third-order valence-electron chi connectivity index (χ3n) is 3.00. The number of aldehydes is 1. The van der Waals surface area contributed by atoms with E-state index in [0.29, 0.717) is 12.0 Å². The van der Waals surface area contributed by atoms with Crippen LogP contribution in [-0.2, 0) is 9.59 Å². The molecule has 5 nitrogen and oxygen atoms in total. The zero-order valence-corrected chi connectivity index (χ0v) is 10.1. The van der Waals surface area contributed by atoms with Crippen molar-refractivity contribution in [1.29, 1.82) is 0 Å². The lowest BCUT2D eigenvalue weighted by atomic mass is 10.1. The smallest absolute Gasteiger partial charge is 0.249 e. The maximum Gasteiger partial charge on any atom is 0.249 e. The number of rotatable bonds is 3. The van der Waals surface area contributed by atoms with E-state index in [1.54, 1.807) is 29.2 Å². The third kappa shape index (κ3) is 2.25. The molecule has 2 rings (SSSR count). The first-order chi connectivity index (χ1) is 8.65. The molecule has 0 spiro atoms. The molecule has 0 bridgehead atoms. The van der Waals surface area contributed by atoms with Gasteiger partial charge in [-0.25, -0.2) is 0 Å². The van der Waals surface area contributed by atoms with Crippen molar-refractivity contribution in [2.75, 3.05) is 11.4 Å². The molecule has 0 saturated carbocycles. The summed E-state index contributed by atoms with van der Waals surface area (Å²) >= 11 is 0. The third-order valence-corrected chi connectivity index (χ3v) is 3.00. The minimum Gasteiger partial charge on any atom is -0.350 e. The second kappa shape index (κ2) is 5.00. The van der Waals surface area contributed by atoms with Crippen molar-refractivity contribution < 1.29 is 14.4 Å². The first-order valence-electron chi connectivity index (χ1n) is 5.81. The van der Waals surface area contributed by atoms with Crippen LogP contribution in [0.4, 0.5) is 5.69 Å². The van der Waals surface area contributed by atoms with Gasteiger partial charge < -0.3 is 4.90 Å². The molecule has 1 unspecified atom stereocenters. The van der Waals surface area contributed by atoms with Gasteiger partial charge in [-0.05, 0) is 30.7 Å². The number of nitrogens with one attached hydrogen (secondary N) is 1. The van der Waals surface area contributed by atoms with Crippen LogP contribution in [0.3, 0.4) is 0 Å². The number of nitrogens with zero attached hydrogens (tertiary/aromatic N) is 1. The minimum absolute atomic E-state index is 0.157. The highest BCUT2D eigenvalue weighted by molar-refractivity contribution is 6.04. The number of anilines is 1. The fourth-order valence-corrected chi connectivity index (χ4v) is 2.09. The molecule has 1 heterocycles. The number of amides is 2. The summed E-state index contributed by atoms with van der Waals surface area (Å²) < 4.78 is 0. The zero-order valence-electron chi connectivity index (χ0n) is 10.1. The van der Waals surface area contributed by atoms with Crippen molar-refractivity contribution in [3.63, 3.8) is 0 Å². The Bertz CT molecular complexity index is 482. The fraction of sp³-hybridized carbons (Fsp3) is 0.308. The average Bonchev–Trinajstić information content (AvgIpc) is 2.38. The van der Waals surface area contributed by atoms with E-state index in [1.165, 1.54) is 0 Å². The molecule has 2 amide bonds. The van der Waals surface area contributed by atoms with Crippen molar-refractivity contribution in [2.24, 2.45) is 0 Å². The van der Waals surface area contributed by atoms with Crippen LogP contribution in [0.1, 0.15) is 23.7 Å². The zero-order chi connectivity index (χ0) is 13.1. The van der Waals surface area contributed by atoms with Crippen LogP contribution >= 0.6 is 0 Å². The van der Waals surface area contributed by atoms with E-state index < -0.39 is 0 Å². The predicted octanol–water partition coefficient (Wildman–Crippen LogP) is 0.740. The Kier molecular flexibility index (Phi) is 3.41. The van der Waals surface area contributed by atoms with Gasteiger partial charge in [-0.3, -0.25) is 19.7 Å². The van der Waals surface area contributed by atoms with Gasteiger partial charge in [-0.1, -0.05) is 6.92 Å². The van der Waals surface area contributed by atoms with Crippen LogP contribution in [0.2, 0.25) is 0 Å².